The third-order valence-corrected chi connectivity index (χ3v) is 3.32. The van der Waals surface area contributed by atoms with Crippen LogP contribution in [0, 0.1) is 5.41 Å². The van der Waals surface area contributed by atoms with Crippen molar-refractivity contribution in [1.82, 2.24) is 10.2 Å². The van der Waals surface area contributed by atoms with Crippen molar-refractivity contribution in [3.8, 4) is 0 Å². The third kappa shape index (κ3) is 1.71. The fourth-order valence-corrected chi connectivity index (χ4v) is 2.34. The zero-order chi connectivity index (χ0) is 10.9. The molecule has 0 aromatic carbocycles. The first-order valence-electron chi connectivity index (χ1n) is 5.35. The minimum absolute atomic E-state index is 0.0451. The van der Waals surface area contributed by atoms with E-state index in [1.54, 1.807) is 4.90 Å². The number of amides is 2. The highest BCUT2D eigenvalue weighted by Gasteiger charge is 2.49. The van der Waals surface area contributed by atoms with Gasteiger partial charge in [0.15, 0.2) is 0 Å². The topological polar surface area (TPSA) is 69.6 Å². The number of piperidine rings is 1. The molecule has 0 radical (unpaired) electrons. The summed E-state index contributed by atoms with van der Waals surface area (Å²) in [7, 11) is 0. The van der Waals surface area contributed by atoms with Gasteiger partial charge < -0.3 is 15.3 Å². The van der Waals surface area contributed by atoms with Crippen LogP contribution in [0.4, 0.5) is 0 Å². The zero-order valence-corrected chi connectivity index (χ0v) is 8.66. The minimum atomic E-state index is -0.316. The first kappa shape index (κ1) is 10.4. The number of hydrogen-bond donors (Lipinski definition) is 2. The minimum Gasteiger partial charge on any atom is -0.396 e. The maximum Gasteiger partial charge on any atom is 0.229 e. The largest absolute Gasteiger partial charge is 0.396 e. The Morgan fingerprint density at radius 1 is 1.60 bits per heavy atom. The highest BCUT2D eigenvalue weighted by molar-refractivity contribution is 5.90. The van der Waals surface area contributed by atoms with Crippen molar-refractivity contribution >= 4 is 11.8 Å². The number of aliphatic hydroxyl groups excluding tert-OH is 1. The molecule has 1 atom stereocenters. The van der Waals surface area contributed by atoms with Crippen LogP contribution in [0.5, 0.6) is 0 Å². The predicted octanol–water partition coefficient (Wildman–Crippen LogP) is -0.893. The molecule has 15 heavy (non-hydrogen) atoms. The van der Waals surface area contributed by atoms with E-state index in [1.165, 1.54) is 0 Å². The fourth-order valence-electron chi connectivity index (χ4n) is 2.34. The number of nitrogens with one attached hydrogen (secondary N) is 1. The summed E-state index contributed by atoms with van der Waals surface area (Å²) >= 11 is 0. The van der Waals surface area contributed by atoms with E-state index in [0.717, 1.165) is 12.8 Å². The first-order chi connectivity index (χ1) is 7.18. The van der Waals surface area contributed by atoms with Crippen molar-refractivity contribution < 1.29 is 14.7 Å². The quantitative estimate of drug-likeness (QED) is 0.583. The molecule has 2 aliphatic rings. The molecular formula is C10H16N2O3. The van der Waals surface area contributed by atoms with Crippen molar-refractivity contribution in [2.45, 2.75) is 19.3 Å². The van der Waals surface area contributed by atoms with Crippen molar-refractivity contribution in [3.05, 3.63) is 0 Å². The van der Waals surface area contributed by atoms with Gasteiger partial charge in [0, 0.05) is 26.1 Å². The Morgan fingerprint density at radius 2 is 2.40 bits per heavy atom. The molecule has 0 saturated carbocycles. The van der Waals surface area contributed by atoms with Crippen LogP contribution in [0.25, 0.3) is 0 Å². The number of nitrogens with zero attached hydrogens (tertiary/aromatic N) is 1. The van der Waals surface area contributed by atoms with E-state index in [9.17, 15) is 9.59 Å². The Bertz CT molecular complexity index is 292. The predicted molar refractivity (Wildman–Crippen MR) is 53.0 cm³/mol. The van der Waals surface area contributed by atoms with Crippen molar-refractivity contribution in [2.75, 3.05) is 26.2 Å². The van der Waals surface area contributed by atoms with E-state index in [4.69, 9.17) is 5.11 Å². The molecule has 2 fully saturated rings. The van der Waals surface area contributed by atoms with E-state index in [0.29, 0.717) is 19.6 Å². The van der Waals surface area contributed by atoms with E-state index in [1.807, 2.05) is 0 Å². The number of β-lactam (4-membered cyclic amide) rings is 1. The summed E-state index contributed by atoms with van der Waals surface area (Å²) in [5.41, 5.74) is -0.316. The number of aliphatic hydroxyl groups is 1. The molecule has 1 unspecified atom stereocenters. The summed E-state index contributed by atoms with van der Waals surface area (Å²) in [6, 6.07) is 0. The smallest absolute Gasteiger partial charge is 0.229 e. The second-order valence-electron chi connectivity index (χ2n) is 4.36. The molecule has 84 valence electrons. The van der Waals surface area contributed by atoms with Crippen LogP contribution in [-0.4, -0.2) is 48.1 Å². The zero-order valence-electron chi connectivity index (χ0n) is 8.66. The van der Waals surface area contributed by atoms with Crippen LogP contribution < -0.4 is 5.32 Å². The van der Waals surface area contributed by atoms with Crippen LogP contribution >= 0.6 is 0 Å². The van der Waals surface area contributed by atoms with Gasteiger partial charge in [0.2, 0.25) is 11.8 Å². The summed E-state index contributed by atoms with van der Waals surface area (Å²) < 4.78 is 0. The molecule has 0 aliphatic carbocycles. The van der Waals surface area contributed by atoms with Crippen LogP contribution in [0.1, 0.15) is 19.3 Å². The molecule has 2 heterocycles. The van der Waals surface area contributed by atoms with Gasteiger partial charge in [0.1, 0.15) is 0 Å². The van der Waals surface area contributed by atoms with Gasteiger partial charge in [-0.15, -0.1) is 0 Å². The Labute approximate surface area is 88.4 Å². The average Bonchev–Trinajstić information content (AvgIpc) is 2.27. The highest BCUT2D eigenvalue weighted by Crippen LogP contribution is 2.34. The summed E-state index contributed by atoms with van der Waals surface area (Å²) in [6.07, 6.45) is 1.92. The first-order valence-corrected chi connectivity index (χ1v) is 5.35. The molecular weight excluding hydrogens is 196 g/mol. The summed E-state index contributed by atoms with van der Waals surface area (Å²) in [5, 5.41) is 11.4. The molecule has 2 saturated heterocycles. The molecule has 5 nitrogen and oxygen atoms in total. The molecule has 2 amide bonds. The maximum absolute atomic E-state index is 11.6. The van der Waals surface area contributed by atoms with Gasteiger partial charge in [-0.1, -0.05) is 0 Å². The standard InChI is InChI=1S/C10H16N2O3/c13-5-2-8(14)12-4-1-3-10(7-12)6-11-9(10)15/h13H,1-7H2,(H,11,15). The number of rotatable bonds is 2. The summed E-state index contributed by atoms with van der Waals surface area (Å²) in [5.74, 6) is 0.0280. The van der Waals surface area contributed by atoms with E-state index in [-0.39, 0.29) is 30.3 Å². The lowest BCUT2D eigenvalue weighted by atomic mass is 9.74. The number of hydrogen-bond acceptors (Lipinski definition) is 3. The van der Waals surface area contributed by atoms with Crippen molar-refractivity contribution in [3.63, 3.8) is 0 Å². The van der Waals surface area contributed by atoms with Gasteiger partial charge >= 0.3 is 0 Å². The van der Waals surface area contributed by atoms with Crippen LogP contribution in [-0.2, 0) is 9.59 Å². The number of carbonyl (C=O) groups excluding carboxylic acids is 2. The van der Waals surface area contributed by atoms with Gasteiger partial charge in [-0.05, 0) is 12.8 Å². The van der Waals surface area contributed by atoms with Gasteiger partial charge in [0.05, 0.1) is 12.0 Å². The van der Waals surface area contributed by atoms with Crippen molar-refractivity contribution in [2.24, 2.45) is 5.41 Å². The fraction of sp³-hybridized carbons (Fsp3) is 0.800. The molecule has 2 rings (SSSR count). The van der Waals surface area contributed by atoms with Crippen molar-refractivity contribution in [1.29, 1.82) is 0 Å². The molecule has 2 aliphatic heterocycles. The van der Waals surface area contributed by atoms with Gasteiger partial charge in [-0.2, -0.15) is 0 Å². The van der Waals surface area contributed by atoms with Gasteiger partial charge in [0.25, 0.3) is 0 Å². The Hall–Kier alpha value is -1.10. The van der Waals surface area contributed by atoms with Gasteiger partial charge in [-0.25, -0.2) is 0 Å². The van der Waals surface area contributed by atoms with Crippen LogP contribution in [0.2, 0.25) is 0 Å². The van der Waals surface area contributed by atoms with E-state index >= 15 is 0 Å². The molecule has 2 N–H and O–H groups in total. The van der Waals surface area contributed by atoms with Crippen LogP contribution in [0.3, 0.4) is 0 Å². The SMILES string of the molecule is O=C(CCO)N1CCCC2(CNC2=O)C1. The van der Waals surface area contributed by atoms with E-state index in [2.05, 4.69) is 5.32 Å². The Morgan fingerprint density at radius 3 is 2.93 bits per heavy atom. The van der Waals surface area contributed by atoms with Crippen LogP contribution in [0.15, 0.2) is 0 Å². The third-order valence-electron chi connectivity index (χ3n) is 3.32. The average molecular weight is 212 g/mol. The molecule has 0 bridgehead atoms. The maximum atomic E-state index is 11.6. The Balaban J connectivity index is 1.98. The Kier molecular flexibility index (Phi) is 2.65. The molecule has 1 spiro atoms. The summed E-state index contributed by atoms with van der Waals surface area (Å²) in [6.45, 7) is 1.81. The lowest BCUT2D eigenvalue weighted by molar-refractivity contribution is -0.149. The molecule has 0 aromatic rings. The molecule has 0 aromatic heterocycles. The van der Waals surface area contributed by atoms with E-state index < -0.39 is 0 Å². The normalized spacial score (nSPS) is 29.9. The van der Waals surface area contributed by atoms with Gasteiger partial charge in [-0.3, -0.25) is 9.59 Å². The molecule has 5 heteroatoms. The monoisotopic (exact) mass is 212 g/mol. The lowest BCUT2D eigenvalue weighted by Gasteiger charge is -2.47. The summed E-state index contributed by atoms with van der Waals surface area (Å²) in [4.78, 5) is 24.7. The highest BCUT2D eigenvalue weighted by atomic mass is 16.3. The second kappa shape index (κ2) is 3.81. The number of likely N-dealkylation sites (tertiary alicyclic amines) is 1. The number of carbonyl (C=O) groups is 2. The second-order valence-corrected chi connectivity index (χ2v) is 4.36. The lowest BCUT2D eigenvalue weighted by Crippen LogP contribution is -2.65.